The average molecular weight is 416 g/mol. The van der Waals surface area contributed by atoms with Crippen LogP contribution in [0.5, 0.6) is 0 Å². The number of aromatic nitrogens is 4. The Morgan fingerprint density at radius 1 is 0.893 bits per heavy atom. The van der Waals surface area contributed by atoms with Gasteiger partial charge in [-0.05, 0) is 13.8 Å². The number of carboxylic acid groups (broad SMARTS) is 2. The SMILES string of the molecule is CCn1cc(C(=O)O)c(C(F)(F)F)n1.CCn1cc(C(F)(F)F)c(C(=O)O)n1. The minimum Gasteiger partial charge on any atom is -0.478 e. The third-order valence-corrected chi connectivity index (χ3v) is 3.18. The maximum atomic E-state index is 12.2. The molecular formula is C14H14F6N4O4. The van der Waals surface area contributed by atoms with E-state index in [-0.39, 0.29) is 13.1 Å². The lowest BCUT2D eigenvalue weighted by atomic mass is 10.2. The molecule has 0 aliphatic carbocycles. The van der Waals surface area contributed by atoms with Crippen LogP contribution in [-0.2, 0) is 25.4 Å². The van der Waals surface area contributed by atoms with E-state index < -0.39 is 46.8 Å². The minimum absolute atomic E-state index is 0.191. The van der Waals surface area contributed by atoms with Crippen LogP contribution < -0.4 is 0 Å². The second-order valence-corrected chi connectivity index (χ2v) is 5.10. The van der Waals surface area contributed by atoms with Gasteiger partial charge in [0.2, 0.25) is 0 Å². The summed E-state index contributed by atoms with van der Waals surface area (Å²) in [5, 5.41) is 23.4. The van der Waals surface area contributed by atoms with Crippen molar-refractivity contribution in [3.63, 3.8) is 0 Å². The second kappa shape index (κ2) is 8.31. The lowest BCUT2D eigenvalue weighted by Gasteiger charge is -2.02. The van der Waals surface area contributed by atoms with Crippen molar-refractivity contribution in [1.29, 1.82) is 0 Å². The summed E-state index contributed by atoms with van der Waals surface area (Å²) in [4.78, 5) is 20.9. The Morgan fingerprint density at radius 2 is 1.39 bits per heavy atom. The summed E-state index contributed by atoms with van der Waals surface area (Å²) in [5.74, 6) is -3.30. The molecule has 2 aromatic heterocycles. The monoisotopic (exact) mass is 416 g/mol. The summed E-state index contributed by atoms with van der Waals surface area (Å²) in [5.41, 5.74) is -4.35. The van der Waals surface area contributed by atoms with Crippen LogP contribution in [0, 0.1) is 0 Å². The molecule has 156 valence electrons. The molecule has 8 nitrogen and oxygen atoms in total. The Hall–Kier alpha value is -3.06. The number of hydrogen-bond donors (Lipinski definition) is 2. The minimum atomic E-state index is -4.73. The van der Waals surface area contributed by atoms with Gasteiger partial charge in [-0.1, -0.05) is 0 Å². The van der Waals surface area contributed by atoms with Crippen molar-refractivity contribution >= 4 is 11.9 Å². The molecule has 2 aromatic rings. The number of aromatic carboxylic acids is 2. The molecule has 0 saturated carbocycles. The van der Waals surface area contributed by atoms with Crippen LogP contribution in [0.15, 0.2) is 12.4 Å². The zero-order valence-corrected chi connectivity index (χ0v) is 14.3. The normalized spacial score (nSPS) is 11.7. The van der Waals surface area contributed by atoms with Gasteiger partial charge in [-0.3, -0.25) is 9.36 Å². The number of halogens is 6. The summed E-state index contributed by atoms with van der Waals surface area (Å²) >= 11 is 0. The van der Waals surface area contributed by atoms with Gasteiger partial charge < -0.3 is 10.2 Å². The van der Waals surface area contributed by atoms with Gasteiger partial charge in [0, 0.05) is 25.5 Å². The number of nitrogens with zero attached hydrogens (tertiary/aromatic N) is 4. The maximum Gasteiger partial charge on any atom is 0.436 e. The topological polar surface area (TPSA) is 110 Å². The third-order valence-electron chi connectivity index (χ3n) is 3.18. The Morgan fingerprint density at radius 3 is 1.68 bits per heavy atom. The van der Waals surface area contributed by atoms with E-state index in [2.05, 4.69) is 10.2 Å². The van der Waals surface area contributed by atoms with E-state index in [1.807, 2.05) is 0 Å². The molecule has 0 spiro atoms. The van der Waals surface area contributed by atoms with Crippen molar-refractivity contribution < 1.29 is 46.1 Å². The van der Waals surface area contributed by atoms with Gasteiger partial charge in [0.1, 0.15) is 11.1 Å². The molecule has 0 bridgehead atoms. The van der Waals surface area contributed by atoms with Crippen molar-refractivity contribution in [3.8, 4) is 0 Å². The molecule has 2 heterocycles. The molecule has 0 atom stereocenters. The Labute approximate surface area is 153 Å². The molecular weight excluding hydrogens is 402 g/mol. The predicted octanol–water partition coefficient (Wildman–Crippen LogP) is 3.24. The standard InChI is InChI=1S/2C7H7F3N2O2/c1-2-12-3-4(7(8,9)10)5(11-12)6(13)14;1-2-12-3-4(6(13)14)5(11-12)7(8,9)10/h2*3H,2H2,1H3,(H,13,14). The highest BCUT2D eigenvalue weighted by atomic mass is 19.4. The van der Waals surface area contributed by atoms with Crippen LogP contribution in [0.25, 0.3) is 0 Å². The van der Waals surface area contributed by atoms with Gasteiger partial charge in [0.05, 0.1) is 0 Å². The van der Waals surface area contributed by atoms with E-state index in [0.29, 0.717) is 6.20 Å². The average Bonchev–Trinajstić information content (AvgIpc) is 3.19. The highest BCUT2D eigenvalue weighted by molar-refractivity contribution is 5.88. The molecule has 2 N–H and O–H groups in total. The van der Waals surface area contributed by atoms with E-state index in [1.165, 1.54) is 0 Å². The fourth-order valence-corrected chi connectivity index (χ4v) is 1.90. The van der Waals surface area contributed by atoms with Gasteiger partial charge in [-0.2, -0.15) is 36.5 Å². The van der Waals surface area contributed by atoms with E-state index in [1.54, 1.807) is 13.8 Å². The third kappa shape index (κ3) is 5.47. The molecule has 0 radical (unpaired) electrons. The number of aryl methyl sites for hydroxylation is 2. The van der Waals surface area contributed by atoms with Crippen molar-refractivity contribution in [2.24, 2.45) is 0 Å². The molecule has 0 aliphatic heterocycles. The first kappa shape index (κ1) is 23.0. The van der Waals surface area contributed by atoms with Crippen LogP contribution in [0.2, 0.25) is 0 Å². The summed E-state index contributed by atoms with van der Waals surface area (Å²) < 4.78 is 75.3. The van der Waals surface area contributed by atoms with Gasteiger partial charge in [-0.25, -0.2) is 9.59 Å². The molecule has 0 saturated heterocycles. The fourth-order valence-electron chi connectivity index (χ4n) is 1.90. The molecule has 0 aliphatic rings. The smallest absolute Gasteiger partial charge is 0.436 e. The first-order valence-electron chi connectivity index (χ1n) is 7.48. The van der Waals surface area contributed by atoms with E-state index >= 15 is 0 Å². The first-order valence-corrected chi connectivity index (χ1v) is 7.48. The van der Waals surface area contributed by atoms with E-state index in [4.69, 9.17) is 10.2 Å². The van der Waals surface area contributed by atoms with Crippen molar-refractivity contribution in [2.75, 3.05) is 0 Å². The number of carboxylic acids is 2. The zero-order valence-electron chi connectivity index (χ0n) is 14.3. The van der Waals surface area contributed by atoms with Crippen LogP contribution in [0.4, 0.5) is 26.3 Å². The molecule has 2 rings (SSSR count). The largest absolute Gasteiger partial charge is 0.478 e. The summed E-state index contributed by atoms with van der Waals surface area (Å²) in [6.45, 7) is 3.52. The van der Waals surface area contributed by atoms with Crippen molar-refractivity contribution in [2.45, 2.75) is 39.3 Å². The van der Waals surface area contributed by atoms with E-state index in [9.17, 15) is 35.9 Å². The molecule has 0 aromatic carbocycles. The lowest BCUT2D eigenvalue weighted by molar-refractivity contribution is -0.142. The van der Waals surface area contributed by atoms with Crippen LogP contribution in [-0.4, -0.2) is 41.7 Å². The van der Waals surface area contributed by atoms with Gasteiger partial charge in [0.25, 0.3) is 0 Å². The van der Waals surface area contributed by atoms with Crippen LogP contribution in [0.1, 0.15) is 46.0 Å². The Balaban J connectivity index is 0.000000280. The Bertz CT molecular complexity index is 783. The molecule has 14 heteroatoms. The number of carbonyl (C=O) groups is 2. The summed E-state index contributed by atoms with van der Waals surface area (Å²) in [6.07, 6.45) is -7.86. The van der Waals surface area contributed by atoms with Crippen LogP contribution >= 0.6 is 0 Å². The second-order valence-electron chi connectivity index (χ2n) is 5.10. The van der Waals surface area contributed by atoms with Crippen molar-refractivity contribution in [3.05, 3.63) is 34.9 Å². The first-order chi connectivity index (χ1) is 12.7. The predicted molar refractivity (Wildman–Crippen MR) is 79.7 cm³/mol. The van der Waals surface area contributed by atoms with Gasteiger partial charge in [-0.15, -0.1) is 0 Å². The molecule has 0 fully saturated rings. The summed E-state index contributed by atoms with van der Waals surface area (Å²) in [7, 11) is 0. The van der Waals surface area contributed by atoms with Gasteiger partial charge >= 0.3 is 24.3 Å². The van der Waals surface area contributed by atoms with Crippen molar-refractivity contribution in [1.82, 2.24) is 19.6 Å². The van der Waals surface area contributed by atoms with E-state index in [0.717, 1.165) is 15.6 Å². The maximum absolute atomic E-state index is 12.2. The van der Waals surface area contributed by atoms with Gasteiger partial charge in [0.15, 0.2) is 11.4 Å². The zero-order chi connectivity index (χ0) is 21.9. The number of rotatable bonds is 4. The molecule has 0 amide bonds. The highest BCUT2D eigenvalue weighted by Crippen LogP contribution is 2.32. The molecule has 28 heavy (non-hydrogen) atoms. The van der Waals surface area contributed by atoms with Crippen LogP contribution in [0.3, 0.4) is 0 Å². The number of hydrogen-bond acceptors (Lipinski definition) is 4. The Kier molecular flexibility index (Phi) is 6.82. The number of alkyl halides is 6. The fraction of sp³-hybridized carbons (Fsp3) is 0.429. The molecule has 0 unspecified atom stereocenters. The lowest BCUT2D eigenvalue weighted by Crippen LogP contribution is -2.12. The summed E-state index contributed by atoms with van der Waals surface area (Å²) in [6, 6.07) is 0. The quantitative estimate of drug-likeness (QED) is 0.741. The highest BCUT2D eigenvalue weighted by Gasteiger charge is 2.39.